The molecule has 0 bridgehead atoms. The Morgan fingerprint density at radius 1 is 1.63 bits per heavy atom. The first-order valence-electron chi connectivity index (χ1n) is 6.02. The van der Waals surface area contributed by atoms with Gasteiger partial charge in [-0.3, -0.25) is 4.79 Å². The van der Waals surface area contributed by atoms with Crippen molar-refractivity contribution in [3.05, 3.63) is 29.5 Å². The third-order valence-electron chi connectivity index (χ3n) is 3.03. The summed E-state index contributed by atoms with van der Waals surface area (Å²) in [5.41, 5.74) is 0.0183. The highest BCUT2D eigenvalue weighted by Crippen LogP contribution is 2.25. The fourth-order valence-corrected chi connectivity index (χ4v) is 2.91. The van der Waals surface area contributed by atoms with Gasteiger partial charge in [-0.05, 0) is 19.1 Å². The van der Waals surface area contributed by atoms with Crippen molar-refractivity contribution in [1.29, 1.82) is 0 Å². The zero-order chi connectivity index (χ0) is 13.5. The number of rotatable bonds is 3. The molecule has 3 rings (SSSR count). The van der Waals surface area contributed by atoms with Crippen LogP contribution in [0.25, 0.3) is 10.8 Å². The topological polar surface area (TPSA) is 66.6 Å². The van der Waals surface area contributed by atoms with E-state index in [2.05, 4.69) is 4.98 Å². The number of furan rings is 1. The molecule has 0 radical (unpaired) electrons. The number of hydrogen-bond donors (Lipinski definition) is 1. The van der Waals surface area contributed by atoms with Gasteiger partial charge in [0.1, 0.15) is 0 Å². The zero-order valence-corrected chi connectivity index (χ0v) is 11.3. The van der Waals surface area contributed by atoms with Gasteiger partial charge in [0.2, 0.25) is 5.91 Å². The Morgan fingerprint density at radius 2 is 2.42 bits per heavy atom. The van der Waals surface area contributed by atoms with E-state index in [1.807, 2.05) is 17.5 Å². The SMILES string of the molecule is CC1(O)CN(C(=O)Cc2csc(-c3ccco3)n2)C1. The van der Waals surface area contributed by atoms with E-state index in [-0.39, 0.29) is 12.3 Å². The Morgan fingerprint density at radius 3 is 3.05 bits per heavy atom. The summed E-state index contributed by atoms with van der Waals surface area (Å²) in [6.45, 7) is 2.54. The van der Waals surface area contributed by atoms with Crippen LogP contribution in [0.1, 0.15) is 12.6 Å². The lowest BCUT2D eigenvalue weighted by Crippen LogP contribution is -2.62. The molecule has 0 atom stereocenters. The molecule has 1 aliphatic heterocycles. The predicted octanol–water partition coefficient (Wildman–Crippen LogP) is 1.54. The van der Waals surface area contributed by atoms with Crippen LogP contribution < -0.4 is 0 Å². The lowest BCUT2D eigenvalue weighted by Gasteiger charge is -2.44. The zero-order valence-electron chi connectivity index (χ0n) is 10.5. The number of amides is 1. The van der Waals surface area contributed by atoms with Crippen LogP contribution in [0, 0.1) is 0 Å². The Balaban J connectivity index is 1.63. The maximum atomic E-state index is 11.9. The van der Waals surface area contributed by atoms with Gasteiger partial charge in [0.15, 0.2) is 10.8 Å². The van der Waals surface area contributed by atoms with Crippen molar-refractivity contribution in [2.75, 3.05) is 13.1 Å². The van der Waals surface area contributed by atoms with E-state index in [4.69, 9.17) is 4.42 Å². The van der Waals surface area contributed by atoms with Crippen LogP contribution in [0.5, 0.6) is 0 Å². The van der Waals surface area contributed by atoms with E-state index in [1.165, 1.54) is 11.3 Å². The summed E-state index contributed by atoms with van der Waals surface area (Å²) in [5, 5.41) is 12.3. The normalized spacial score (nSPS) is 17.3. The molecule has 100 valence electrons. The van der Waals surface area contributed by atoms with Gasteiger partial charge in [0, 0.05) is 5.38 Å². The molecule has 2 aromatic rings. The molecule has 0 unspecified atom stereocenters. The summed E-state index contributed by atoms with van der Waals surface area (Å²) >= 11 is 1.46. The number of hydrogen-bond acceptors (Lipinski definition) is 5. The molecule has 1 fully saturated rings. The number of aliphatic hydroxyl groups is 1. The first kappa shape index (κ1) is 12.4. The molecule has 0 aromatic carbocycles. The van der Waals surface area contributed by atoms with Crippen molar-refractivity contribution in [3.63, 3.8) is 0 Å². The average molecular weight is 278 g/mol. The average Bonchev–Trinajstić information content (AvgIpc) is 2.94. The number of thiazole rings is 1. The Hall–Kier alpha value is -1.66. The quantitative estimate of drug-likeness (QED) is 0.924. The highest BCUT2D eigenvalue weighted by atomic mass is 32.1. The van der Waals surface area contributed by atoms with Crippen LogP contribution in [-0.4, -0.2) is 39.6 Å². The molecule has 0 saturated carbocycles. The highest BCUT2D eigenvalue weighted by Gasteiger charge is 2.39. The number of β-amino-alcohol motifs (C(OH)–C–C–N with tert-alkyl or cyclic N) is 1. The van der Waals surface area contributed by atoms with Crippen molar-refractivity contribution < 1.29 is 14.3 Å². The molecule has 0 aliphatic carbocycles. The monoisotopic (exact) mass is 278 g/mol. The molecule has 0 spiro atoms. The van der Waals surface area contributed by atoms with E-state index in [0.29, 0.717) is 13.1 Å². The number of likely N-dealkylation sites (tertiary alicyclic amines) is 1. The maximum absolute atomic E-state index is 11.9. The first-order valence-corrected chi connectivity index (χ1v) is 6.90. The Kier molecular flexibility index (Phi) is 2.91. The van der Waals surface area contributed by atoms with Crippen molar-refractivity contribution in [2.24, 2.45) is 0 Å². The van der Waals surface area contributed by atoms with Crippen molar-refractivity contribution >= 4 is 17.2 Å². The smallest absolute Gasteiger partial charge is 0.228 e. The number of nitrogens with zero attached hydrogens (tertiary/aromatic N) is 2. The van der Waals surface area contributed by atoms with Gasteiger partial charge in [0.25, 0.3) is 0 Å². The number of aromatic nitrogens is 1. The molecule has 19 heavy (non-hydrogen) atoms. The molecular formula is C13H14N2O3S. The summed E-state index contributed by atoms with van der Waals surface area (Å²) in [5.74, 6) is 0.721. The Bertz CT molecular complexity index is 581. The van der Waals surface area contributed by atoms with Crippen molar-refractivity contribution in [3.8, 4) is 10.8 Å². The molecule has 1 N–H and O–H groups in total. The summed E-state index contributed by atoms with van der Waals surface area (Å²) < 4.78 is 5.26. The van der Waals surface area contributed by atoms with Crippen LogP contribution in [0.4, 0.5) is 0 Å². The van der Waals surface area contributed by atoms with Gasteiger partial charge in [-0.1, -0.05) is 0 Å². The Labute approximate surface area is 114 Å². The van der Waals surface area contributed by atoms with Crippen LogP contribution in [0.3, 0.4) is 0 Å². The van der Waals surface area contributed by atoms with E-state index in [0.717, 1.165) is 16.5 Å². The second-order valence-electron chi connectivity index (χ2n) is 5.04. The minimum Gasteiger partial charge on any atom is -0.462 e. The second-order valence-corrected chi connectivity index (χ2v) is 5.90. The molecule has 1 saturated heterocycles. The summed E-state index contributed by atoms with van der Waals surface area (Å²) in [7, 11) is 0. The first-order chi connectivity index (χ1) is 9.03. The predicted molar refractivity (Wildman–Crippen MR) is 70.7 cm³/mol. The van der Waals surface area contributed by atoms with Crippen LogP contribution in [0.15, 0.2) is 28.2 Å². The standard InChI is InChI=1S/C13H14N2O3S/c1-13(17)7-15(8-13)11(16)5-9-6-19-12(14-9)10-3-2-4-18-10/h2-4,6,17H,5,7-8H2,1H3. The van der Waals surface area contributed by atoms with Crippen LogP contribution >= 0.6 is 11.3 Å². The lowest BCUT2D eigenvalue weighted by atomic mass is 9.96. The fourth-order valence-electron chi connectivity index (χ4n) is 2.12. The summed E-state index contributed by atoms with van der Waals surface area (Å²) in [6.07, 6.45) is 1.87. The molecular weight excluding hydrogens is 264 g/mol. The molecule has 2 aromatic heterocycles. The van der Waals surface area contributed by atoms with E-state index < -0.39 is 5.60 Å². The third kappa shape index (κ3) is 2.54. The minimum absolute atomic E-state index is 0.00261. The van der Waals surface area contributed by atoms with Gasteiger partial charge in [-0.15, -0.1) is 11.3 Å². The summed E-state index contributed by atoms with van der Waals surface area (Å²) in [6, 6.07) is 3.65. The van der Waals surface area contributed by atoms with E-state index in [9.17, 15) is 9.90 Å². The van der Waals surface area contributed by atoms with Crippen LogP contribution in [0.2, 0.25) is 0 Å². The van der Waals surface area contributed by atoms with Gasteiger partial charge in [-0.25, -0.2) is 4.98 Å². The van der Waals surface area contributed by atoms with E-state index >= 15 is 0 Å². The molecule has 1 aliphatic rings. The van der Waals surface area contributed by atoms with Gasteiger partial charge >= 0.3 is 0 Å². The largest absolute Gasteiger partial charge is 0.462 e. The van der Waals surface area contributed by atoms with Gasteiger partial charge in [0.05, 0.1) is 37.1 Å². The van der Waals surface area contributed by atoms with Crippen molar-refractivity contribution in [2.45, 2.75) is 18.9 Å². The van der Waals surface area contributed by atoms with Crippen molar-refractivity contribution in [1.82, 2.24) is 9.88 Å². The third-order valence-corrected chi connectivity index (χ3v) is 3.94. The minimum atomic E-state index is -0.725. The number of carbonyl (C=O) groups is 1. The molecule has 3 heterocycles. The number of carbonyl (C=O) groups excluding carboxylic acids is 1. The summed E-state index contributed by atoms with van der Waals surface area (Å²) in [4.78, 5) is 18.0. The fraction of sp³-hybridized carbons (Fsp3) is 0.385. The molecule has 1 amide bonds. The molecule has 5 nitrogen and oxygen atoms in total. The van der Waals surface area contributed by atoms with Crippen LogP contribution in [-0.2, 0) is 11.2 Å². The van der Waals surface area contributed by atoms with E-state index in [1.54, 1.807) is 18.1 Å². The molecule has 6 heteroatoms. The maximum Gasteiger partial charge on any atom is 0.228 e. The highest BCUT2D eigenvalue weighted by molar-refractivity contribution is 7.13. The lowest BCUT2D eigenvalue weighted by molar-refractivity contribution is -0.151. The second kappa shape index (κ2) is 4.47. The van der Waals surface area contributed by atoms with Gasteiger partial charge in [-0.2, -0.15) is 0 Å². The van der Waals surface area contributed by atoms with Gasteiger partial charge < -0.3 is 14.4 Å².